The van der Waals surface area contributed by atoms with E-state index < -0.39 is 0 Å². The normalized spacial score (nSPS) is 9.50. The van der Waals surface area contributed by atoms with Gasteiger partial charge in [-0.3, -0.25) is 4.79 Å². The highest BCUT2D eigenvalue weighted by Crippen LogP contribution is 2.23. The van der Waals surface area contributed by atoms with Gasteiger partial charge in [0.15, 0.2) is 5.78 Å². The van der Waals surface area contributed by atoms with Gasteiger partial charge < -0.3 is 5.11 Å². The molecule has 0 spiro atoms. The highest BCUT2D eigenvalue weighted by molar-refractivity contribution is 5.97. The van der Waals surface area contributed by atoms with E-state index in [9.17, 15) is 9.90 Å². The van der Waals surface area contributed by atoms with Crippen LogP contribution < -0.4 is 0 Å². The predicted octanol–water partition coefficient (Wildman–Crippen LogP) is 2.56. The lowest BCUT2D eigenvalue weighted by molar-refractivity contribution is 0.0992. The molecule has 2 aromatic rings. The number of nitrogens with zero attached hydrogens (tertiary/aromatic N) is 2. The Morgan fingerprint density at radius 2 is 1.65 bits per heavy atom. The molecule has 0 unspecified atom stereocenters. The maximum Gasteiger partial charge on any atom is 0.167 e. The number of hydrogen-bond acceptors (Lipinski definition) is 4. The highest BCUT2D eigenvalue weighted by Gasteiger charge is 2.13. The van der Waals surface area contributed by atoms with Crippen LogP contribution in [0, 0.1) is 22.7 Å². The quantitative estimate of drug-likeness (QED) is 0.861. The first-order valence-corrected chi connectivity index (χ1v) is 5.90. The Bertz CT molecular complexity index is 738. The van der Waals surface area contributed by atoms with Crippen LogP contribution in [0.2, 0.25) is 0 Å². The summed E-state index contributed by atoms with van der Waals surface area (Å²) in [4.78, 5) is 12.1. The Balaban J connectivity index is 2.34. The Morgan fingerprint density at radius 1 is 1.05 bits per heavy atom. The number of phenolic OH excluding ortho intramolecular Hbond substituents is 1. The van der Waals surface area contributed by atoms with Crippen molar-refractivity contribution in [1.29, 1.82) is 10.5 Å². The minimum atomic E-state index is -0.158. The molecule has 0 aliphatic rings. The monoisotopic (exact) mass is 262 g/mol. The molecular formula is C16H10N2O2. The molecule has 20 heavy (non-hydrogen) atoms. The molecule has 0 saturated carbocycles. The summed E-state index contributed by atoms with van der Waals surface area (Å²) in [6, 6.07) is 15.0. The lowest BCUT2D eigenvalue weighted by atomic mass is 9.98. The molecule has 4 heteroatoms. The number of rotatable bonds is 3. The molecule has 0 heterocycles. The van der Waals surface area contributed by atoms with Gasteiger partial charge in [-0.1, -0.05) is 30.3 Å². The van der Waals surface area contributed by atoms with Crippen molar-refractivity contribution >= 4 is 5.78 Å². The first kappa shape index (κ1) is 13.3. The van der Waals surface area contributed by atoms with E-state index in [2.05, 4.69) is 0 Å². The minimum absolute atomic E-state index is 0.0176. The Kier molecular flexibility index (Phi) is 3.79. The lowest BCUT2D eigenvalue weighted by Crippen LogP contribution is -2.04. The van der Waals surface area contributed by atoms with E-state index in [0.717, 1.165) is 0 Å². The molecule has 0 aliphatic heterocycles. The van der Waals surface area contributed by atoms with E-state index in [0.29, 0.717) is 11.1 Å². The van der Waals surface area contributed by atoms with Gasteiger partial charge in [-0.15, -0.1) is 0 Å². The molecule has 0 saturated heterocycles. The summed E-state index contributed by atoms with van der Waals surface area (Å²) in [6.07, 6.45) is -0.0176. The molecular weight excluding hydrogens is 252 g/mol. The molecule has 0 amide bonds. The molecule has 2 rings (SSSR count). The standard InChI is InChI=1S/C16H10N2O2/c17-9-13-6-12(16(20)8-14(13)10-18)7-15(19)11-4-2-1-3-5-11/h1-6,8,20H,7H2. The van der Waals surface area contributed by atoms with Gasteiger partial charge in [-0.25, -0.2) is 0 Å². The van der Waals surface area contributed by atoms with Gasteiger partial charge in [0.2, 0.25) is 0 Å². The zero-order valence-corrected chi connectivity index (χ0v) is 10.5. The summed E-state index contributed by atoms with van der Waals surface area (Å²) >= 11 is 0. The maximum absolute atomic E-state index is 12.1. The Morgan fingerprint density at radius 3 is 2.25 bits per heavy atom. The van der Waals surface area contributed by atoms with Crippen LogP contribution in [-0.2, 0) is 6.42 Å². The number of phenols is 1. The molecule has 0 aliphatic carbocycles. The van der Waals surface area contributed by atoms with Crippen molar-refractivity contribution in [2.75, 3.05) is 0 Å². The molecule has 0 radical (unpaired) electrons. The van der Waals surface area contributed by atoms with E-state index in [1.54, 1.807) is 24.3 Å². The third-order valence-corrected chi connectivity index (χ3v) is 2.91. The number of nitriles is 2. The fraction of sp³-hybridized carbons (Fsp3) is 0.0625. The van der Waals surface area contributed by atoms with E-state index >= 15 is 0 Å². The summed E-state index contributed by atoms with van der Waals surface area (Å²) in [5.74, 6) is -0.306. The number of Topliss-reactive ketones (excluding diaryl/α,β-unsaturated/α-hetero) is 1. The Hall–Kier alpha value is -3.11. The third-order valence-electron chi connectivity index (χ3n) is 2.91. The molecule has 0 bridgehead atoms. The van der Waals surface area contributed by atoms with E-state index in [4.69, 9.17) is 10.5 Å². The van der Waals surface area contributed by atoms with Crippen molar-refractivity contribution in [2.24, 2.45) is 0 Å². The molecule has 0 aromatic heterocycles. The van der Waals surface area contributed by atoms with E-state index in [1.165, 1.54) is 12.1 Å². The van der Waals surface area contributed by atoms with Crippen LogP contribution in [0.25, 0.3) is 0 Å². The van der Waals surface area contributed by atoms with Crippen molar-refractivity contribution in [3.63, 3.8) is 0 Å². The molecule has 96 valence electrons. The second kappa shape index (κ2) is 5.69. The first-order valence-electron chi connectivity index (χ1n) is 5.90. The number of ketones is 1. The summed E-state index contributed by atoms with van der Waals surface area (Å²) in [7, 11) is 0. The van der Waals surface area contributed by atoms with Crippen LogP contribution in [0.1, 0.15) is 27.0 Å². The van der Waals surface area contributed by atoms with Gasteiger partial charge in [0.25, 0.3) is 0 Å². The lowest BCUT2D eigenvalue weighted by Gasteiger charge is -2.06. The summed E-state index contributed by atoms with van der Waals surface area (Å²) in [5.41, 5.74) is 1.13. The molecule has 0 atom stereocenters. The van der Waals surface area contributed by atoms with Crippen molar-refractivity contribution in [2.45, 2.75) is 6.42 Å². The summed E-state index contributed by atoms with van der Waals surface area (Å²) < 4.78 is 0. The summed E-state index contributed by atoms with van der Waals surface area (Å²) in [6.45, 7) is 0. The second-order valence-electron chi connectivity index (χ2n) is 4.22. The highest BCUT2D eigenvalue weighted by atomic mass is 16.3. The van der Waals surface area contributed by atoms with Crippen LogP contribution in [0.15, 0.2) is 42.5 Å². The summed E-state index contributed by atoms with van der Waals surface area (Å²) in [5, 5.41) is 27.6. The molecule has 2 aromatic carbocycles. The SMILES string of the molecule is N#Cc1cc(O)c(CC(=O)c2ccccc2)cc1C#N. The van der Waals surface area contributed by atoms with Crippen molar-refractivity contribution in [3.05, 3.63) is 64.7 Å². The topological polar surface area (TPSA) is 84.9 Å². The molecule has 0 fully saturated rings. The molecule has 1 N–H and O–H groups in total. The van der Waals surface area contributed by atoms with Crippen LogP contribution in [0.5, 0.6) is 5.75 Å². The van der Waals surface area contributed by atoms with Gasteiger partial charge in [0.05, 0.1) is 11.1 Å². The number of hydrogen-bond donors (Lipinski definition) is 1. The first-order chi connectivity index (χ1) is 9.65. The van der Waals surface area contributed by atoms with Crippen molar-refractivity contribution in [1.82, 2.24) is 0 Å². The largest absolute Gasteiger partial charge is 0.508 e. The maximum atomic E-state index is 12.1. The number of aromatic hydroxyl groups is 1. The zero-order chi connectivity index (χ0) is 14.5. The van der Waals surface area contributed by atoms with Crippen molar-refractivity contribution < 1.29 is 9.90 Å². The number of benzene rings is 2. The smallest absolute Gasteiger partial charge is 0.167 e. The minimum Gasteiger partial charge on any atom is -0.508 e. The predicted molar refractivity (Wildman–Crippen MR) is 72.0 cm³/mol. The number of carbonyl (C=O) groups is 1. The third kappa shape index (κ3) is 2.66. The number of carbonyl (C=O) groups excluding carboxylic acids is 1. The Labute approximate surface area is 116 Å². The van der Waals surface area contributed by atoms with E-state index in [1.807, 2.05) is 18.2 Å². The van der Waals surface area contributed by atoms with Gasteiger partial charge in [-0.2, -0.15) is 10.5 Å². The fourth-order valence-electron chi connectivity index (χ4n) is 1.86. The van der Waals surface area contributed by atoms with Gasteiger partial charge in [0, 0.05) is 17.5 Å². The van der Waals surface area contributed by atoms with Crippen LogP contribution in [-0.4, -0.2) is 10.9 Å². The van der Waals surface area contributed by atoms with Crippen LogP contribution in [0.4, 0.5) is 0 Å². The van der Waals surface area contributed by atoms with Crippen LogP contribution in [0.3, 0.4) is 0 Å². The van der Waals surface area contributed by atoms with Gasteiger partial charge in [-0.05, 0) is 12.1 Å². The van der Waals surface area contributed by atoms with E-state index in [-0.39, 0.29) is 29.1 Å². The second-order valence-corrected chi connectivity index (χ2v) is 4.22. The average molecular weight is 262 g/mol. The zero-order valence-electron chi connectivity index (χ0n) is 10.5. The van der Waals surface area contributed by atoms with Crippen molar-refractivity contribution in [3.8, 4) is 17.9 Å². The fourth-order valence-corrected chi connectivity index (χ4v) is 1.86. The van der Waals surface area contributed by atoms with Gasteiger partial charge >= 0.3 is 0 Å². The van der Waals surface area contributed by atoms with Crippen LogP contribution >= 0.6 is 0 Å². The average Bonchev–Trinajstić information content (AvgIpc) is 2.49. The van der Waals surface area contributed by atoms with Gasteiger partial charge in [0.1, 0.15) is 17.9 Å². The molecule has 4 nitrogen and oxygen atoms in total.